The molecule has 0 unspecified atom stereocenters. The molecule has 0 saturated heterocycles. The van der Waals surface area contributed by atoms with E-state index < -0.39 is 28.7 Å². The molecular weight excluding hydrogens is 329 g/mol. The molecule has 3 nitrogen and oxygen atoms in total. The van der Waals surface area contributed by atoms with Gasteiger partial charge in [0.15, 0.2) is 0 Å². The molecule has 2 aromatic carbocycles. The minimum atomic E-state index is -4.59. The van der Waals surface area contributed by atoms with Gasteiger partial charge in [-0.05, 0) is 30.2 Å². The number of carbonyl (C=O) groups is 1. The van der Waals surface area contributed by atoms with Gasteiger partial charge in [0.05, 0.1) is 16.6 Å². The Hall–Kier alpha value is -2.05. The number of nitrogens with two attached hydrogens (primary N) is 1. The monoisotopic (exact) mass is 342 g/mol. The Balaban J connectivity index is 2.08. The maximum absolute atomic E-state index is 12.8. The number of carbonyl (C=O) groups excluding carboxylic acids is 1. The van der Waals surface area contributed by atoms with Gasteiger partial charge >= 0.3 is 6.18 Å². The summed E-state index contributed by atoms with van der Waals surface area (Å²) < 4.78 is 38.4. The van der Waals surface area contributed by atoms with E-state index in [-0.39, 0.29) is 12.1 Å². The zero-order chi connectivity index (χ0) is 17.0. The highest BCUT2D eigenvalue weighted by Gasteiger charge is 2.33. The molecule has 2 aromatic rings. The molecule has 7 heteroatoms. The minimum Gasteiger partial charge on any atom is -0.325 e. The number of anilines is 1. The van der Waals surface area contributed by atoms with Gasteiger partial charge in [-0.25, -0.2) is 0 Å². The van der Waals surface area contributed by atoms with Crippen LogP contribution in [0.25, 0.3) is 0 Å². The zero-order valence-electron chi connectivity index (χ0n) is 11.9. The lowest BCUT2D eigenvalue weighted by atomic mass is 10.1. The summed E-state index contributed by atoms with van der Waals surface area (Å²) in [6, 6.07) is 11.4. The first-order valence-corrected chi connectivity index (χ1v) is 7.12. The second-order valence-electron chi connectivity index (χ2n) is 4.98. The molecule has 23 heavy (non-hydrogen) atoms. The zero-order valence-corrected chi connectivity index (χ0v) is 12.7. The van der Waals surface area contributed by atoms with Crippen molar-refractivity contribution in [2.24, 2.45) is 5.73 Å². The van der Waals surface area contributed by atoms with Crippen LogP contribution in [0.4, 0.5) is 18.9 Å². The van der Waals surface area contributed by atoms with Gasteiger partial charge in [0.1, 0.15) is 0 Å². The molecule has 0 fully saturated rings. The molecule has 0 spiro atoms. The van der Waals surface area contributed by atoms with Crippen LogP contribution in [0.5, 0.6) is 0 Å². The Bertz CT molecular complexity index is 689. The van der Waals surface area contributed by atoms with Gasteiger partial charge in [0, 0.05) is 5.69 Å². The fraction of sp³-hybridized carbons (Fsp3) is 0.188. The van der Waals surface area contributed by atoms with Gasteiger partial charge < -0.3 is 11.1 Å². The first-order chi connectivity index (χ1) is 10.8. The molecule has 0 radical (unpaired) electrons. The van der Waals surface area contributed by atoms with Gasteiger partial charge in [0.2, 0.25) is 5.91 Å². The number of alkyl halides is 3. The average molecular weight is 343 g/mol. The molecule has 122 valence electrons. The van der Waals surface area contributed by atoms with Crippen molar-refractivity contribution in [3.8, 4) is 0 Å². The van der Waals surface area contributed by atoms with Gasteiger partial charge in [-0.3, -0.25) is 4.79 Å². The highest BCUT2D eigenvalue weighted by molar-refractivity contribution is 6.31. The van der Waals surface area contributed by atoms with Crippen LogP contribution in [0.15, 0.2) is 48.5 Å². The van der Waals surface area contributed by atoms with E-state index in [0.29, 0.717) is 0 Å². The minimum absolute atomic E-state index is 0.00441. The maximum Gasteiger partial charge on any atom is 0.417 e. The van der Waals surface area contributed by atoms with Crippen molar-refractivity contribution in [1.29, 1.82) is 0 Å². The van der Waals surface area contributed by atoms with Crippen LogP contribution < -0.4 is 11.1 Å². The number of halogens is 4. The highest BCUT2D eigenvalue weighted by Crippen LogP contribution is 2.36. The summed E-state index contributed by atoms with van der Waals surface area (Å²) in [5.74, 6) is -0.565. The quantitative estimate of drug-likeness (QED) is 0.886. The van der Waals surface area contributed by atoms with E-state index in [4.69, 9.17) is 17.3 Å². The number of nitrogens with one attached hydrogen (secondary N) is 1. The summed E-state index contributed by atoms with van der Waals surface area (Å²) in [5, 5.41) is 1.95. The largest absolute Gasteiger partial charge is 0.417 e. The molecule has 0 aliphatic rings. The Morgan fingerprint density at radius 3 is 2.43 bits per heavy atom. The van der Waals surface area contributed by atoms with E-state index in [1.807, 2.05) is 30.3 Å². The van der Waals surface area contributed by atoms with Crippen LogP contribution in [0.3, 0.4) is 0 Å². The molecule has 1 amide bonds. The van der Waals surface area contributed by atoms with Crippen LogP contribution in [0.2, 0.25) is 5.02 Å². The topological polar surface area (TPSA) is 55.1 Å². The number of amides is 1. The van der Waals surface area contributed by atoms with Crippen LogP contribution in [0, 0.1) is 0 Å². The van der Waals surface area contributed by atoms with Gasteiger partial charge in [-0.1, -0.05) is 41.9 Å². The lowest BCUT2D eigenvalue weighted by Crippen LogP contribution is -2.37. The Kier molecular flexibility index (Phi) is 5.28. The van der Waals surface area contributed by atoms with Crippen molar-refractivity contribution < 1.29 is 18.0 Å². The average Bonchev–Trinajstić information content (AvgIpc) is 2.49. The molecule has 0 bridgehead atoms. The van der Waals surface area contributed by atoms with Crippen LogP contribution in [-0.2, 0) is 17.4 Å². The molecule has 3 N–H and O–H groups in total. The van der Waals surface area contributed by atoms with Crippen molar-refractivity contribution in [1.82, 2.24) is 0 Å². The molecule has 0 saturated carbocycles. The van der Waals surface area contributed by atoms with Crippen molar-refractivity contribution in [2.45, 2.75) is 18.6 Å². The summed E-state index contributed by atoms with van der Waals surface area (Å²) in [6.07, 6.45) is -4.31. The predicted octanol–water partition coefficient (Wildman–Crippen LogP) is 3.87. The summed E-state index contributed by atoms with van der Waals surface area (Å²) in [6.45, 7) is 0. The summed E-state index contributed by atoms with van der Waals surface area (Å²) in [4.78, 5) is 12.0. The lowest BCUT2D eigenvalue weighted by molar-refractivity contribution is -0.137. The van der Waals surface area contributed by atoms with E-state index in [9.17, 15) is 18.0 Å². The second-order valence-corrected chi connectivity index (χ2v) is 5.39. The Labute approximate surface area is 136 Å². The number of benzene rings is 2. The maximum atomic E-state index is 12.8. The summed E-state index contributed by atoms with van der Waals surface area (Å²) >= 11 is 5.53. The van der Waals surface area contributed by atoms with Crippen LogP contribution in [-0.4, -0.2) is 11.9 Å². The second kappa shape index (κ2) is 7.02. The van der Waals surface area contributed by atoms with E-state index in [2.05, 4.69) is 5.32 Å². The third kappa shape index (κ3) is 4.71. The molecule has 1 atom stereocenters. The SMILES string of the molecule is N[C@@H](Cc1ccccc1)C(=O)Nc1ccc(Cl)c(C(F)(F)F)c1. The fourth-order valence-electron chi connectivity index (χ4n) is 2.02. The van der Waals surface area contributed by atoms with E-state index >= 15 is 0 Å². The normalized spacial score (nSPS) is 12.7. The third-order valence-corrected chi connectivity index (χ3v) is 3.50. The third-order valence-electron chi connectivity index (χ3n) is 3.17. The molecule has 0 aromatic heterocycles. The van der Waals surface area contributed by atoms with E-state index in [1.54, 1.807) is 0 Å². The van der Waals surface area contributed by atoms with Gasteiger partial charge in [-0.15, -0.1) is 0 Å². The van der Waals surface area contributed by atoms with Crippen molar-refractivity contribution >= 4 is 23.2 Å². The molecular formula is C16H14ClF3N2O. The first kappa shape index (κ1) is 17.3. The molecule has 2 rings (SSSR count). The van der Waals surface area contributed by atoms with Crippen molar-refractivity contribution in [3.63, 3.8) is 0 Å². The smallest absolute Gasteiger partial charge is 0.325 e. The highest BCUT2D eigenvalue weighted by atomic mass is 35.5. The molecule has 0 heterocycles. The number of rotatable bonds is 4. The van der Waals surface area contributed by atoms with E-state index in [1.165, 1.54) is 6.07 Å². The van der Waals surface area contributed by atoms with Crippen LogP contribution >= 0.6 is 11.6 Å². The standard InChI is InChI=1S/C16H14ClF3N2O/c17-13-7-6-11(9-12(13)16(18,19)20)22-15(23)14(21)8-10-4-2-1-3-5-10/h1-7,9,14H,8,21H2,(H,22,23)/t14-/m0/s1. The predicted molar refractivity (Wildman–Crippen MR) is 83.2 cm³/mol. The van der Waals surface area contributed by atoms with Gasteiger partial charge in [0.25, 0.3) is 0 Å². The van der Waals surface area contributed by atoms with E-state index in [0.717, 1.165) is 17.7 Å². The first-order valence-electron chi connectivity index (χ1n) is 6.74. The number of hydrogen-bond acceptors (Lipinski definition) is 2. The fourth-order valence-corrected chi connectivity index (χ4v) is 2.24. The lowest BCUT2D eigenvalue weighted by Gasteiger charge is -2.14. The molecule has 0 aliphatic carbocycles. The van der Waals surface area contributed by atoms with Crippen LogP contribution in [0.1, 0.15) is 11.1 Å². The van der Waals surface area contributed by atoms with Crippen molar-refractivity contribution in [3.05, 3.63) is 64.7 Å². The Morgan fingerprint density at radius 2 is 1.83 bits per heavy atom. The van der Waals surface area contributed by atoms with Crippen molar-refractivity contribution in [2.75, 3.05) is 5.32 Å². The number of hydrogen-bond donors (Lipinski definition) is 2. The molecule has 0 aliphatic heterocycles. The summed E-state index contributed by atoms with van der Waals surface area (Å²) in [5.41, 5.74) is 5.64. The summed E-state index contributed by atoms with van der Waals surface area (Å²) in [7, 11) is 0. The van der Waals surface area contributed by atoms with Gasteiger partial charge in [-0.2, -0.15) is 13.2 Å². The Morgan fingerprint density at radius 1 is 1.17 bits per heavy atom.